The van der Waals surface area contributed by atoms with E-state index in [0.29, 0.717) is 29.1 Å². The van der Waals surface area contributed by atoms with E-state index in [-0.39, 0.29) is 28.9 Å². The van der Waals surface area contributed by atoms with Crippen molar-refractivity contribution in [3.63, 3.8) is 0 Å². The summed E-state index contributed by atoms with van der Waals surface area (Å²) >= 11 is 0. The van der Waals surface area contributed by atoms with Crippen LogP contribution >= 0.6 is 0 Å². The highest BCUT2D eigenvalue weighted by Gasteiger charge is 2.56. The largest absolute Gasteiger partial charge is 0.514 e. The molecule has 2 aromatic rings. The fourth-order valence-electron chi connectivity index (χ4n) is 7.27. The van der Waals surface area contributed by atoms with E-state index >= 15 is 0 Å². The van der Waals surface area contributed by atoms with Crippen molar-refractivity contribution in [2.45, 2.75) is 71.3 Å². The van der Waals surface area contributed by atoms with Crippen LogP contribution in [0.5, 0.6) is 11.5 Å². The van der Waals surface area contributed by atoms with Crippen LogP contribution in [-0.2, 0) is 16.0 Å². The molecule has 3 aliphatic rings. The van der Waals surface area contributed by atoms with E-state index in [4.69, 9.17) is 14.2 Å². The lowest BCUT2D eigenvalue weighted by Gasteiger charge is -2.50. The Bertz CT molecular complexity index is 1360. The first-order valence-corrected chi connectivity index (χ1v) is 14.0. The highest BCUT2D eigenvalue weighted by Crippen LogP contribution is 2.61. The summed E-state index contributed by atoms with van der Waals surface area (Å²) in [5.74, 6) is 1.82. The van der Waals surface area contributed by atoms with Gasteiger partial charge in [-0.2, -0.15) is 0 Å². The lowest BCUT2D eigenvalue weighted by Crippen LogP contribution is -2.45. The first-order valence-electron chi connectivity index (χ1n) is 14.0. The summed E-state index contributed by atoms with van der Waals surface area (Å²) < 4.78 is 16.9. The van der Waals surface area contributed by atoms with Crippen LogP contribution < -0.4 is 9.47 Å². The molecular weight excluding hydrogens is 510 g/mol. The second kappa shape index (κ2) is 11.3. The molecule has 0 saturated heterocycles. The van der Waals surface area contributed by atoms with Crippen molar-refractivity contribution in [3.8, 4) is 11.5 Å². The highest BCUT2D eigenvalue weighted by atomic mass is 16.7. The summed E-state index contributed by atoms with van der Waals surface area (Å²) in [6.45, 7) is 5.93. The molecule has 0 aliphatic heterocycles. The zero-order valence-corrected chi connectivity index (χ0v) is 23.1. The standard InChI is InChI=1S/C32H35NO7/c1-4-6-20(5-2)30(34)38-24-12-14-25-21(19-24)7-13-27-26(25)17-18-32(3)28(27)15-16-29(32)40-31(35)39-23-10-8-22(9-11-23)33(36)37/h4-6,8-12,14,19,26-29H,7,13,15-18H2,1-3H3/b6-4-,20-5+. The summed E-state index contributed by atoms with van der Waals surface area (Å²) in [6.07, 6.45) is 10.0. The van der Waals surface area contributed by atoms with Crippen molar-refractivity contribution in [1.29, 1.82) is 0 Å². The van der Waals surface area contributed by atoms with E-state index in [0.717, 1.165) is 38.5 Å². The number of esters is 1. The molecule has 5 rings (SSSR count). The third-order valence-corrected chi connectivity index (χ3v) is 9.20. The van der Waals surface area contributed by atoms with Crippen LogP contribution in [0.25, 0.3) is 0 Å². The average Bonchev–Trinajstić information content (AvgIpc) is 3.27. The van der Waals surface area contributed by atoms with E-state index in [1.807, 2.05) is 32.1 Å². The Kier molecular flexibility index (Phi) is 7.79. The van der Waals surface area contributed by atoms with Gasteiger partial charge in [0, 0.05) is 17.5 Å². The van der Waals surface area contributed by atoms with Crippen molar-refractivity contribution < 1.29 is 28.7 Å². The summed E-state index contributed by atoms with van der Waals surface area (Å²) in [7, 11) is 0. The molecular formula is C32H35NO7. The predicted octanol–water partition coefficient (Wildman–Crippen LogP) is 7.46. The van der Waals surface area contributed by atoms with E-state index in [1.54, 1.807) is 12.2 Å². The number of hydrogen-bond acceptors (Lipinski definition) is 7. The fraction of sp³-hybridized carbons (Fsp3) is 0.438. The highest BCUT2D eigenvalue weighted by molar-refractivity contribution is 5.93. The van der Waals surface area contributed by atoms with Crippen molar-refractivity contribution in [1.82, 2.24) is 0 Å². The number of nitro benzene ring substituents is 1. The van der Waals surface area contributed by atoms with Crippen LogP contribution in [0, 0.1) is 27.4 Å². The van der Waals surface area contributed by atoms with Crippen molar-refractivity contribution in [2.24, 2.45) is 17.3 Å². The molecule has 0 aromatic heterocycles. The summed E-state index contributed by atoms with van der Waals surface area (Å²) in [4.78, 5) is 35.5. The Balaban J connectivity index is 1.24. The third-order valence-electron chi connectivity index (χ3n) is 9.20. The van der Waals surface area contributed by atoms with Gasteiger partial charge in [-0.05, 0) is 106 Å². The van der Waals surface area contributed by atoms with Gasteiger partial charge in [0.15, 0.2) is 0 Å². The quantitative estimate of drug-likeness (QED) is 0.0705. The monoisotopic (exact) mass is 545 g/mol. The average molecular weight is 546 g/mol. The lowest BCUT2D eigenvalue weighted by molar-refractivity contribution is -0.384. The Morgan fingerprint density at radius 2 is 1.75 bits per heavy atom. The molecule has 2 saturated carbocycles. The van der Waals surface area contributed by atoms with Crippen molar-refractivity contribution in [3.05, 3.63) is 87.5 Å². The first-order chi connectivity index (χ1) is 19.2. The Morgan fingerprint density at radius 3 is 2.45 bits per heavy atom. The molecule has 8 nitrogen and oxygen atoms in total. The van der Waals surface area contributed by atoms with Crippen LogP contribution in [0.15, 0.2) is 66.3 Å². The topological polar surface area (TPSA) is 105 Å². The first kappa shape index (κ1) is 27.6. The van der Waals surface area contributed by atoms with Gasteiger partial charge in [0.2, 0.25) is 0 Å². The number of fused-ring (bicyclic) bond motifs is 5. The number of nitro groups is 1. The molecule has 2 fully saturated rings. The molecule has 0 heterocycles. The molecule has 40 heavy (non-hydrogen) atoms. The molecule has 0 amide bonds. The van der Waals surface area contributed by atoms with Gasteiger partial charge in [-0.15, -0.1) is 0 Å². The number of carbonyl (C=O) groups excluding carboxylic acids is 2. The van der Waals surface area contributed by atoms with Gasteiger partial charge >= 0.3 is 12.1 Å². The van der Waals surface area contributed by atoms with Crippen molar-refractivity contribution >= 4 is 17.8 Å². The number of non-ortho nitro benzene ring substituents is 1. The van der Waals surface area contributed by atoms with Crippen LogP contribution in [0.1, 0.15) is 69.9 Å². The molecule has 0 bridgehead atoms. The number of carbonyl (C=O) groups is 2. The third kappa shape index (κ3) is 5.27. The second-order valence-corrected chi connectivity index (χ2v) is 11.2. The number of rotatable bonds is 6. The Morgan fingerprint density at radius 1 is 1.00 bits per heavy atom. The van der Waals surface area contributed by atoms with Crippen LogP contribution in [0.4, 0.5) is 10.5 Å². The van der Waals surface area contributed by atoms with E-state index in [2.05, 4.69) is 13.0 Å². The van der Waals surface area contributed by atoms with Crippen LogP contribution in [0.3, 0.4) is 0 Å². The SMILES string of the molecule is C/C=C\C(=C/C)C(=O)Oc1ccc2c(c1)CCC1C2CCC2(C)C(OC(=O)Oc3ccc([N+](=O)[O-])cc3)CCC12. The molecule has 0 radical (unpaired) electrons. The van der Waals surface area contributed by atoms with E-state index < -0.39 is 11.1 Å². The molecule has 8 heteroatoms. The lowest BCUT2D eigenvalue weighted by atomic mass is 9.55. The number of nitrogens with zero attached hydrogens (tertiary/aromatic N) is 1. The van der Waals surface area contributed by atoms with Gasteiger partial charge < -0.3 is 14.2 Å². The van der Waals surface area contributed by atoms with Crippen LogP contribution in [0.2, 0.25) is 0 Å². The van der Waals surface area contributed by atoms with Crippen LogP contribution in [-0.4, -0.2) is 23.2 Å². The minimum atomic E-state index is -0.769. The van der Waals surface area contributed by atoms with Gasteiger partial charge in [-0.1, -0.05) is 31.2 Å². The van der Waals surface area contributed by atoms with Gasteiger partial charge in [-0.25, -0.2) is 9.59 Å². The van der Waals surface area contributed by atoms with E-state index in [1.165, 1.54) is 35.4 Å². The van der Waals surface area contributed by atoms with Crippen molar-refractivity contribution in [2.75, 3.05) is 0 Å². The van der Waals surface area contributed by atoms with Gasteiger partial charge in [0.1, 0.15) is 17.6 Å². The minimum absolute atomic E-state index is 0.0675. The molecule has 5 unspecified atom stereocenters. The maximum Gasteiger partial charge on any atom is 0.514 e. The predicted molar refractivity (Wildman–Crippen MR) is 149 cm³/mol. The smallest absolute Gasteiger partial charge is 0.430 e. The molecule has 2 aromatic carbocycles. The zero-order valence-electron chi connectivity index (χ0n) is 23.1. The van der Waals surface area contributed by atoms with Gasteiger partial charge in [0.25, 0.3) is 5.69 Å². The Labute approximate surface area is 234 Å². The number of ether oxygens (including phenoxy) is 3. The second-order valence-electron chi connectivity index (χ2n) is 11.2. The maximum atomic E-state index is 12.6. The molecule has 3 aliphatic carbocycles. The van der Waals surface area contributed by atoms with Gasteiger partial charge in [0.05, 0.1) is 10.5 Å². The zero-order chi connectivity index (χ0) is 28.4. The van der Waals surface area contributed by atoms with E-state index in [9.17, 15) is 19.7 Å². The minimum Gasteiger partial charge on any atom is -0.430 e. The number of hydrogen-bond donors (Lipinski definition) is 0. The summed E-state index contributed by atoms with van der Waals surface area (Å²) in [5.41, 5.74) is 2.93. The molecule has 0 spiro atoms. The summed E-state index contributed by atoms with van der Waals surface area (Å²) in [6, 6.07) is 11.5. The molecule has 5 atom stereocenters. The molecule has 0 N–H and O–H groups in total. The van der Waals surface area contributed by atoms with Gasteiger partial charge in [-0.3, -0.25) is 10.1 Å². The fourth-order valence-corrected chi connectivity index (χ4v) is 7.27. The normalized spacial score (nSPS) is 27.3. The number of benzene rings is 2. The molecule has 210 valence electrons. The summed E-state index contributed by atoms with van der Waals surface area (Å²) in [5, 5.41) is 10.9. The number of allylic oxidation sites excluding steroid dienone is 2. The maximum absolute atomic E-state index is 12.6. The number of aryl methyl sites for hydroxylation is 1. The Hall–Kier alpha value is -3.94.